The van der Waals surface area contributed by atoms with E-state index in [1.165, 1.54) is 0 Å². The number of fused-ring (bicyclic) bond motifs is 1. The number of anilines is 1. The summed E-state index contributed by atoms with van der Waals surface area (Å²) in [6, 6.07) is 14.4. The second-order valence-electron chi connectivity index (χ2n) is 6.39. The Labute approximate surface area is 152 Å². The van der Waals surface area contributed by atoms with Crippen molar-refractivity contribution in [2.75, 3.05) is 5.32 Å². The first-order chi connectivity index (χ1) is 12.7. The standard InChI is InChI=1S/C20H20N6/c1-14(10-17-13-21-8-9-22-17)23-20-12-18(16-6-4-3-5-7-16)24-19-11-15(2)25-26(19)20/h3-9,11-14,23H,10H2,1-2H3/t14-/m1/s1. The number of hydrogen-bond acceptors (Lipinski definition) is 5. The number of aromatic nitrogens is 5. The van der Waals surface area contributed by atoms with Gasteiger partial charge in [0.25, 0.3) is 0 Å². The van der Waals surface area contributed by atoms with Gasteiger partial charge in [-0.2, -0.15) is 9.61 Å². The lowest BCUT2D eigenvalue weighted by Gasteiger charge is -2.16. The van der Waals surface area contributed by atoms with E-state index < -0.39 is 0 Å². The molecule has 1 N–H and O–H groups in total. The van der Waals surface area contributed by atoms with Crippen LogP contribution in [0.2, 0.25) is 0 Å². The van der Waals surface area contributed by atoms with E-state index in [2.05, 4.69) is 39.4 Å². The van der Waals surface area contributed by atoms with Gasteiger partial charge in [0.05, 0.1) is 17.1 Å². The summed E-state index contributed by atoms with van der Waals surface area (Å²) in [5.74, 6) is 0.915. The van der Waals surface area contributed by atoms with Crippen molar-refractivity contribution < 1.29 is 0 Å². The highest BCUT2D eigenvalue weighted by molar-refractivity contribution is 5.66. The summed E-state index contributed by atoms with van der Waals surface area (Å²) in [6.45, 7) is 4.10. The Morgan fingerprint density at radius 3 is 2.73 bits per heavy atom. The van der Waals surface area contributed by atoms with Gasteiger partial charge in [-0.1, -0.05) is 30.3 Å². The Balaban J connectivity index is 1.68. The number of aryl methyl sites for hydroxylation is 1. The molecule has 4 aromatic rings. The van der Waals surface area contributed by atoms with Crippen LogP contribution in [-0.4, -0.2) is 30.6 Å². The normalized spacial score (nSPS) is 12.2. The third-order valence-corrected chi connectivity index (χ3v) is 4.15. The van der Waals surface area contributed by atoms with E-state index in [0.717, 1.165) is 40.5 Å². The fraction of sp³-hybridized carbons (Fsp3) is 0.200. The fourth-order valence-corrected chi connectivity index (χ4v) is 3.00. The van der Waals surface area contributed by atoms with Crippen molar-refractivity contribution in [3.63, 3.8) is 0 Å². The Hall–Kier alpha value is -3.28. The van der Waals surface area contributed by atoms with Crippen LogP contribution in [0.1, 0.15) is 18.3 Å². The first-order valence-corrected chi connectivity index (χ1v) is 8.63. The van der Waals surface area contributed by atoms with Crippen molar-refractivity contribution in [2.45, 2.75) is 26.3 Å². The van der Waals surface area contributed by atoms with E-state index in [-0.39, 0.29) is 6.04 Å². The molecule has 6 nitrogen and oxygen atoms in total. The molecule has 3 heterocycles. The third kappa shape index (κ3) is 3.39. The zero-order chi connectivity index (χ0) is 17.9. The molecule has 130 valence electrons. The van der Waals surface area contributed by atoms with Gasteiger partial charge in [-0.15, -0.1) is 0 Å². The van der Waals surface area contributed by atoms with Crippen LogP contribution in [0.15, 0.2) is 61.1 Å². The molecule has 6 heteroatoms. The number of nitrogens with one attached hydrogen (secondary N) is 1. The molecule has 0 fully saturated rings. The lowest BCUT2D eigenvalue weighted by molar-refractivity contribution is 0.749. The van der Waals surface area contributed by atoms with E-state index in [1.807, 2.05) is 41.8 Å². The van der Waals surface area contributed by atoms with E-state index >= 15 is 0 Å². The lowest BCUT2D eigenvalue weighted by atomic mass is 10.1. The monoisotopic (exact) mass is 344 g/mol. The van der Waals surface area contributed by atoms with Gasteiger partial charge >= 0.3 is 0 Å². The second kappa shape index (κ2) is 6.92. The molecular weight excluding hydrogens is 324 g/mol. The quantitative estimate of drug-likeness (QED) is 0.600. The largest absolute Gasteiger partial charge is 0.367 e. The molecule has 0 aliphatic heterocycles. The van der Waals surface area contributed by atoms with Gasteiger partial charge in [-0.3, -0.25) is 9.97 Å². The van der Waals surface area contributed by atoms with E-state index in [4.69, 9.17) is 4.98 Å². The van der Waals surface area contributed by atoms with Crippen molar-refractivity contribution in [3.05, 3.63) is 72.4 Å². The van der Waals surface area contributed by atoms with Crippen LogP contribution in [0.5, 0.6) is 0 Å². The Morgan fingerprint density at radius 2 is 1.96 bits per heavy atom. The summed E-state index contributed by atoms with van der Waals surface area (Å²) in [7, 11) is 0. The number of hydrogen-bond donors (Lipinski definition) is 1. The van der Waals surface area contributed by atoms with Gasteiger partial charge in [0.1, 0.15) is 5.82 Å². The SMILES string of the molecule is Cc1cc2nc(-c3ccccc3)cc(N[C@H](C)Cc3cnccn3)n2n1. The van der Waals surface area contributed by atoms with Gasteiger partial charge < -0.3 is 5.32 Å². The molecule has 0 aliphatic rings. The molecule has 0 saturated carbocycles. The predicted octanol–water partition coefficient (Wildman–Crippen LogP) is 3.54. The van der Waals surface area contributed by atoms with Crippen molar-refractivity contribution in [1.29, 1.82) is 0 Å². The van der Waals surface area contributed by atoms with Crippen LogP contribution in [0, 0.1) is 6.92 Å². The fourth-order valence-electron chi connectivity index (χ4n) is 3.00. The van der Waals surface area contributed by atoms with Crippen molar-refractivity contribution in [2.24, 2.45) is 0 Å². The predicted molar refractivity (Wildman–Crippen MR) is 102 cm³/mol. The molecule has 3 aromatic heterocycles. The molecule has 0 saturated heterocycles. The molecule has 0 spiro atoms. The second-order valence-corrected chi connectivity index (χ2v) is 6.39. The highest BCUT2D eigenvalue weighted by atomic mass is 15.3. The first kappa shape index (κ1) is 16.2. The average Bonchev–Trinajstić information content (AvgIpc) is 3.04. The summed E-state index contributed by atoms with van der Waals surface area (Å²) in [5.41, 5.74) is 4.73. The third-order valence-electron chi connectivity index (χ3n) is 4.15. The van der Waals surface area contributed by atoms with Crippen LogP contribution in [0.3, 0.4) is 0 Å². The van der Waals surface area contributed by atoms with Crippen molar-refractivity contribution in [1.82, 2.24) is 24.6 Å². The summed E-state index contributed by atoms with van der Waals surface area (Å²) < 4.78 is 1.86. The molecule has 0 amide bonds. The van der Waals surface area contributed by atoms with E-state index in [1.54, 1.807) is 18.6 Å². The van der Waals surface area contributed by atoms with Gasteiger partial charge in [0.2, 0.25) is 0 Å². The molecule has 0 radical (unpaired) electrons. The summed E-state index contributed by atoms with van der Waals surface area (Å²) in [4.78, 5) is 13.2. The maximum Gasteiger partial charge on any atom is 0.158 e. The summed E-state index contributed by atoms with van der Waals surface area (Å²) in [6.07, 6.45) is 5.98. The van der Waals surface area contributed by atoms with E-state index in [0.29, 0.717) is 0 Å². The summed E-state index contributed by atoms with van der Waals surface area (Å²) >= 11 is 0. The lowest BCUT2D eigenvalue weighted by Crippen LogP contribution is -2.21. The van der Waals surface area contributed by atoms with Crippen LogP contribution in [0.4, 0.5) is 5.82 Å². The van der Waals surface area contributed by atoms with Crippen molar-refractivity contribution >= 4 is 11.5 Å². The zero-order valence-electron chi connectivity index (χ0n) is 14.8. The molecular formula is C20H20N6. The minimum absolute atomic E-state index is 0.172. The van der Waals surface area contributed by atoms with Crippen molar-refractivity contribution in [3.8, 4) is 11.3 Å². The van der Waals surface area contributed by atoms with E-state index in [9.17, 15) is 0 Å². The number of nitrogens with zero attached hydrogens (tertiary/aromatic N) is 5. The van der Waals surface area contributed by atoms with Gasteiger partial charge in [0.15, 0.2) is 5.65 Å². The Kier molecular flexibility index (Phi) is 4.31. The zero-order valence-corrected chi connectivity index (χ0v) is 14.8. The maximum atomic E-state index is 4.76. The maximum absolute atomic E-state index is 4.76. The van der Waals surface area contributed by atoms with Crippen LogP contribution in [0.25, 0.3) is 16.9 Å². The Bertz CT molecular complexity index is 1010. The highest BCUT2D eigenvalue weighted by Gasteiger charge is 2.12. The van der Waals surface area contributed by atoms with Gasteiger partial charge in [0, 0.05) is 48.7 Å². The minimum Gasteiger partial charge on any atom is -0.367 e. The van der Waals surface area contributed by atoms with Crippen LogP contribution in [-0.2, 0) is 6.42 Å². The molecule has 0 bridgehead atoms. The molecule has 1 atom stereocenters. The highest BCUT2D eigenvalue weighted by Crippen LogP contribution is 2.23. The first-order valence-electron chi connectivity index (χ1n) is 8.63. The topological polar surface area (TPSA) is 68.0 Å². The smallest absolute Gasteiger partial charge is 0.158 e. The Morgan fingerprint density at radius 1 is 1.12 bits per heavy atom. The number of rotatable bonds is 5. The number of benzene rings is 1. The molecule has 4 rings (SSSR count). The minimum atomic E-state index is 0.172. The molecule has 26 heavy (non-hydrogen) atoms. The summed E-state index contributed by atoms with van der Waals surface area (Å²) in [5, 5.41) is 8.12. The molecule has 0 aliphatic carbocycles. The molecule has 1 aromatic carbocycles. The van der Waals surface area contributed by atoms with Crippen LogP contribution >= 0.6 is 0 Å². The van der Waals surface area contributed by atoms with Gasteiger partial charge in [-0.25, -0.2) is 4.98 Å². The van der Waals surface area contributed by atoms with Crippen LogP contribution < -0.4 is 5.32 Å². The van der Waals surface area contributed by atoms with Gasteiger partial charge in [-0.05, 0) is 13.8 Å². The molecule has 0 unspecified atom stereocenters. The average molecular weight is 344 g/mol.